The molecule has 0 unspecified atom stereocenters. The summed E-state index contributed by atoms with van der Waals surface area (Å²) >= 11 is 7.19. The van der Waals surface area contributed by atoms with Crippen molar-refractivity contribution in [3.63, 3.8) is 0 Å². The number of hydrogen-bond donors (Lipinski definition) is 1. The third kappa shape index (κ3) is 1.38. The molecule has 0 bridgehead atoms. The Morgan fingerprint density at radius 2 is 2.31 bits per heavy atom. The molecule has 0 aliphatic heterocycles. The van der Waals surface area contributed by atoms with Gasteiger partial charge in [-0.25, -0.2) is 0 Å². The Hall–Kier alpha value is -1.14. The van der Waals surface area contributed by atoms with Gasteiger partial charge in [0.2, 0.25) is 5.13 Å². The fourth-order valence-corrected chi connectivity index (χ4v) is 1.99. The van der Waals surface area contributed by atoms with Gasteiger partial charge in [-0.05, 0) is 0 Å². The molecule has 2 rings (SSSR count). The Morgan fingerprint density at radius 3 is 2.77 bits per heavy atom. The molecule has 0 radical (unpaired) electrons. The highest BCUT2D eigenvalue weighted by atomic mass is 35.5. The van der Waals surface area contributed by atoms with E-state index in [1.807, 2.05) is 0 Å². The van der Waals surface area contributed by atoms with Crippen LogP contribution in [0.1, 0.15) is 0 Å². The lowest BCUT2D eigenvalue weighted by Gasteiger charge is -1.95. The number of rotatable bonds is 1. The molecule has 68 valence electrons. The first-order valence-electron chi connectivity index (χ1n) is 3.45. The third-order valence-electron chi connectivity index (χ3n) is 1.54. The smallest absolute Gasteiger partial charge is 0.203 e. The summed E-state index contributed by atoms with van der Waals surface area (Å²) in [6, 6.07) is 0. The Labute approximate surface area is 83.2 Å². The van der Waals surface area contributed by atoms with Gasteiger partial charge < -0.3 is 5.73 Å². The van der Waals surface area contributed by atoms with Crippen molar-refractivity contribution in [2.75, 3.05) is 5.73 Å². The molecule has 0 aromatic carbocycles. The van der Waals surface area contributed by atoms with E-state index in [1.54, 1.807) is 17.9 Å². The van der Waals surface area contributed by atoms with E-state index in [2.05, 4.69) is 15.3 Å². The Kier molecular flexibility index (Phi) is 1.93. The van der Waals surface area contributed by atoms with Crippen molar-refractivity contribution in [2.24, 2.45) is 7.05 Å². The second-order valence-corrected chi connectivity index (χ2v) is 3.83. The molecular formula is C6H6ClN5S. The van der Waals surface area contributed by atoms with Gasteiger partial charge in [-0.3, -0.25) is 4.68 Å². The van der Waals surface area contributed by atoms with E-state index in [0.717, 1.165) is 5.69 Å². The molecule has 2 N–H and O–H groups in total. The van der Waals surface area contributed by atoms with Crippen LogP contribution in [0.3, 0.4) is 0 Å². The molecule has 0 spiro atoms. The number of nitrogens with two attached hydrogens (primary N) is 1. The molecule has 5 nitrogen and oxygen atoms in total. The van der Waals surface area contributed by atoms with Crippen LogP contribution in [-0.2, 0) is 7.05 Å². The average molecular weight is 216 g/mol. The van der Waals surface area contributed by atoms with Crippen LogP contribution in [0.2, 0.25) is 5.02 Å². The molecule has 0 atom stereocenters. The van der Waals surface area contributed by atoms with Crippen molar-refractivity contribution < 1.29 is 0 Å². The molecule has 2 heterocycles. The highest BCUT2D eigenvalue weighted by molar-refractivity contribution is 7.18. The van der Waals surface area contributed by atoms with E-state index in [1.165, 1.54) is 11.3 Å². The maximum absolute atomic E-state index is 5.90. The summed E-state index contributed by atoms with van der Waals surface area (Å²) < 4.78 is 1.64. The van der Waals surface area contributed by atoms with Gasteiger partial charge in [-0.1, -0.05) is 22.9 Å². The Morgan fingerprint density at radius 1 is 1.54 bits per heavy atom. The van der Waals surface area contributed by atoms with Gasteiger partial charge in [0, 0.05) is 7.05 Å². The summed E-state index contributed by atoms with van der Waals surface area (Å²) in [5, 5.41) is 13.2. The number of anilines is 1. The predicted molar refractivity (Wildman–Crippen MR) is 51.5 cm³/mol. The Bertz CT molecular complexity index is 414. The minimum absolute atomic E-state index is 0.423. The zero-order valence-electron chi connectivity index (χ0n) is 6.73. The molecule has 0 aliphatic rings. The lowest BCUT2D eigenvalue weighted by Crippen LogP contribution is -1.92. The van der Waals surface area contributed by atoms with Crippen LogP contribution in [0.25, 0.3) is 10.7 Å². The van der Waals surface area contributed by atoms with E-state index in [-0.39, 0.29) is 0 Å². The van der Waals surface area contributed by atoms with Gasteiger partial charge >= 0.3 is 0 Å². The maximum Gasteiger partial charge on any atom is 0.203 e. The van der Waals surface area contributed by atoms with E-state index < -0.39 is 0 Å². The van der Waals surface area contributed by atoms with E-state index in [4.69, 9.17) is 17.3 Å². The quantitative estimate of drug-likeness (QED) is 0.776. The molecule has 2 aromatic heterocycles. The van der Waals surface area contributed by atoms with Gasteiger partial charge in [0.25, 0.3) is 0 Å². The molecule has 0 fully saturated rings. The van der Waals surface area contributed by atoms with Crippen LogP contribution in [0.5, 0.6) is 0 Å². The summed E-state index contributed by atoms with van der Waals surface area (Å²) in [5.74, 6) is 0. The minimum atomic E-state index is 0.423. The van der Waals surface area contributed by atoms with Crippen LogP contribution >= 0.6 is 22.9 Å². The van der Waals surface area contributed by atoms with Crippen molar-refractivity contribution in [2.45, 2.75) is 0 Å². The summed E-state index contributed by atoms with van der Waals surface area (Å²) in [6.45, 7) is 0. The first-order valence-corrected chi connectivity index (χ1v) is 4.65. The third-order valence-corrected chi connectivity index (χ3v) is 2.57. The number of aryl methyl sites for hydroxylation is 1. The summed E-state index contributed by atoms with van der Waals surface area (Å²) in [6.07, 6.45) is 1.56. The summed E-state index contributed by atoms with van der Waals surface area (Å²) in [4.78, 5) is 0. The van der Waals surface area contributed by atoms with Crippen LogP contribution in [0, 0.1) is 0 Å². The minimum Gasteiger partial charge on any atom is -0.374 e. The van der Waals surface area contributed by atoms with Gasteiger partial charge in [0.15, 0.2) is 5.01 Å². The molecular weight excluding hydrogens is 210 g/mol. The highest BCUT2D eigenvalue weighted by Crippen LogP contribution is 2.29. The van der Waals surface area contributed by atoms with Crippen molar-refractivity contribution in [1.82, 2.24) is 20.0 Å². The van der Waals surface area contributed by atoms with Crippen molar-refractivity contribution in [3.05, 3.63) is 11.2 Å². The SMILES string of the molecule is Cn1ncc(Cl)c1-c1nnc(N)s1. The molecule has 7 heteroatoms. The largest absolute Gasteiger partial charge is 0.374 e. The molecule has 0 saturated heterocycles. The predicted octanol–water partition coefficient (Wildman–Crippen LogP) is 1.17. The molecule has 13 heavy (non-hydrogen) atoms. The first-order chi connectivity index (χ1) is 6.18. The summed E-state index contributed by atoms with van der Waals surface area (Å²) in [5.41, 5.74) is 6.20. The number of hydrogen-bond acceptors (Lipinski definition) is 5. The molecule has 0 aliphatic carbocycles. The molecule has 0 amide bonds. The summed E-state index contributed by atoms with van der Waals surface area (Å²) in [7, 11) is 1.79. The van der Waals surface area contributed by atoms with Gasteiger partial charge in [-0.15, -0.1) is 10.2 Å². The highest BCUT2D eigenvalue weighted by Gasteiger charge is 2.13. The van der Waals surface area contributed by atoms with E-state index in [9.17, 15) is 0 Å². The molecule has 0 saturated carbocycles. The standard InChI is InChI=1S/C6H6ClN5S/c1-12-4(3(7)2-9-12)5-10-11-6(8)13-5/h2H,1H3,(H2,8,11). The number of nitrogens with zero attached hydrogens (tertiary/aromatic N) is 4. The van der Waals surface area contributed by atoms with Gasteiger partial charge in [0.1, 0.15) is 5.69 Å². The van der Waals surface area contributed by atoms with Crippen LogP contribution in [0.4, 0.5) is 5.13 Å². The average Bonchev–Trinajstić information content (AvgIpc) is 2.60. The lowest BCUT2D eigenvalue weighted by atomic mass is 10.4. The van der Waals surface area contributed by atoms with Crippen LogP contribution in [-0.4, -0.2) is 20.0 Å². The number of aromatic nitrogens is 4. The van der Waals surface area contributed by atoms with Crippen LogP contribution in [0.15, 0.2) is 6.20 Å². The molecule has 2 aromatic rings. The van der Waals surface area contributed by atoms with Crippen molar-refractivity contribution >= 4 is 28.1 Å². The lowest BCUT2D eigenvalue weighted by molar-refractivity contribution is 0.774. The second kappa shape index (κ2) is 2.97. The second-order valence-electron chi connectivity index (χ2n) is 2.41. The number of halogens is 1. The zero-order chi connectivity index (χ0) is 9.42. The number of nitrogen functional groups attached to an aromatic ring is 1. The zero-order valence-corrected chi connectivity index (χ0v) is 8.30. The van der Waals surface area contributed by atoms with Crippen molar-refractivity contribution in [1.29, 1.82) is 0 Å². The Balaban J connectivity index is 2.57. The van der Waals surface area contributed by atoms with E-state index >= 15 is 0 Å². The fraction of sp³-hybridized carbons (Fsp3) is 0.167. The van der Waals surface area contributed by atoms with E-state index in [0.29, 0.717) is 15.2 Å². The fourth-order valence-electron chi connectivity index (χ4n) is 0.982. The van der Waals surface area contributed by atoms with Crippen molar-refractivity contribution in [3.8, 4) is 10.7 Å². The maximum atomic E-state index is 5.90. The first kappa shape index (κ1) is 8.46. The monoisotopic (exact) mass is 215 g/mol. The van der Waals surface area contributed by atoms with Gasteiger partial charge in [0.05, 0.1) is 11.2 Å². The van der Waals surface area contributed by atoms with Gasteiger partial charge in [-0.2, -0.15) is 5.10 Å². The van der Waals surface area contributed by atoms with Crippen LogP contribution < -0.4 is 5.73 Å². The topological polar surface area (TPSA) is 69.6 Å². The normalized spacial score (nSPS) is 10.6.